The van der Waals surface area contributed by atoms with E-state index in [2.05, 4.69) is 20.6 Å². The molecule has 0 saturated carbocycles. The third-order valence-corrected chi connectivity index (χ3v) is 5.22. The average Bonchev–Trinajstić information content (AvgIpc) is 2.90. The second kappa shape index (κ2) is 11.6. The standard InChI is InChI=1S/C27H26N4O4/c1-34-22-11-7-19(8-12-22)17-21(18-32)31-26(33)24-5-4-16-29-27(24)35-23-13-9-20(10-14-23)30-25-6-2-3-15-28-25/h2-16,21,32H,17-18H2,1H3,(H,28,30)(H,31,33)/t21-/m0/s1. The summed E-state index contributed by atoms with van der Waals surface area (Å²) < 4.78 is 11.1. The molecule has 35 heavy (non-hydrogen) atoms. The summed E-state index contributed by atoms with van der Waals surface area (Å²) in [5, 5.41) is 15.9. The number of anilines is 2. The molecule has 178 valence electrons. The quantitative estimate of drug-likeness (QED) is 0.316. The largest absolute Gasteiger partial charge is 0.497 e. The Morgan fingerprint density at radius 1 is 0.914 bits per heavy atom. The number of nitrogens with one attached hydrogen (secondary N) is 2. The highest BCUT2D eigenvalue weighted by molar-refractivity contribution is 5.96. The lowest BCUT2D eigenvalue weighted by molar-refractivity contribution is 0.0913. The normalized spacial score (nSPS) is 11.4. The number of aromatic nitrogens is 2. The van der Waals surface area contributed by atoms with Gasteiger partial charge < -0.3 is 25.2 Å². The molecule has 0 spiro atoms. The number of nitrogens with zero attached hydrogens (tertiary/aromatic N) is 2. The van der Waals surface area contributed by atoms with Gasteiger partial charge >= 0.3 is 0 Å². The number of ether oxygens (including phenoxy) is 2. The SMILES string of the molecule is COc1ccc(C[C@@H](CO)NC(=O)c2cccnc2Oc2ccc(Nc3ccccn3)cc2)cc1. The molecule has 0 bridgehead atoms. The lowest BCUT2D eigenvalue weighted by Gasteiger charge is -2.18. The first-order chi connectivity index (χ1) is 17.1. The highest BCUT2D eigenvalue weighted by atomic mass is 16.5. The summed E-state index contributed by atoms with van der Waals surface area (Å²) >= 11 is 0. The average molecular weight is 471 g/mol. The second-order valence-electron chi connectivity index (χ2n) is 7.73. The van der Waals surface area contributed by atoms with Crippen LogP contribution in [0.25, 0.3) is 0 Å². The minimum absolute atomic E-state index is 0.177. The minimum atomic E-state index is -0.471. The van der Waals surface area contributed by atoms with Gasteiger partial charge in [-0.3, -0.25) is 4.79 Å². The molecule has 0 fully saturated rings. The number of aliphatic hydroxyl groups is 1. The smallest absolute Gasteiger partial charge is 0.257 e. The molecule has 0 unspecified atom stereocenters. The van der Waals surface area contributed by atoms with Crippen LogP contribution in [0.2, 0.25) is 0 Å². The van der Waals surface area contributed by atoms with Crippen molar-refractivity contribution in [3.63, 3.8) is 0 Å². The highest BCUT2D eigenvalue weighted by Gasteiger charge is 2.18. The van der Waals surface area contributed by atoms with Gasteiger partial charge in [-0.15, -0.1) is 0 Å². The highest BCUT2D eigenvalue weighted by Crippen LogP contribution is 2.25. The number of carbonyl (C=O) groups excluding carboxylic acids is 1. The zero-order valence-electron chi connectivity index (χ0n) is 19.2. The van der Waals surface area contributed by atoms with E-state index in [0.29, 0.717) is 12.2 Å². The number of hydrogen-bond acceptors (Lipinski definition) is 7. The first kappa shape index (κ1) is 23.7. The van der Waals surface area contributed by atoms with Crippen LogP contribution in [0.15, 0.2) is 91.3 Å². The molecule has 0 aliphatic carbocycles. The third-order valence-electron chi connectivity index (χ3n) is 5.22. The van der Waals surface area contributed by atoms with E-state index in [-0.39, 0.29) is 24.0 Å². The summed E-state index contributed by atoms with van der Waals surface area (Å²) in [6.45, 7) is -0.209. The summed E-state index contributed by atoms with van der Waals surface area (Å²) in [5.74, 6) is 1.81. The Kier molecular flexibility index (Phi) is 7.88. The molecule has 2 aromatic heterocycles. The molecule has 4 aromatic rings. The number of methoxy groups -OCH3 is 1. The molecule has 0 radical (unpaired) electrons. The van der Waals surface area contributed by atoms with Gasteiger partial charge in [0.15, 0.2) is 0 Å². The predicted molar refractivity (Wildman–Crippen MR) is 133 cm³/mol. The topological polar surface area (TPSA) is 106 Å². The predicted octanol–water partition coefficient (Wildman–Crippen LogP) is 4.35. The van der Waals surface area contributed by atoms with E-state index < -0.39 is 6.04 Å². The zero-order valence-corrected chi connectivity index (χ0v) is 19.2. The molecule has 2 aromatic carbocycles. The monoisotopic (exact) mass is 470 g/mol. The maximum atomic E-state index is 13.0. The molecular formula is C27H26N4O4. The number of amides is 1. The van der Waals surface area contributed by atoms with E-state index in [1.165, 1.54) is 0 Å². The van der Waals surface area contributed by atoms with Crippen molar-refractivity contribution in [1.29, 1.82) is 0 Å². The summed E-state index contributed by atoms with van der Waals surface area (Å²) in [6.07, 6.45) is 3.74. The first-order valence-electron chi connectivity index (χ1n) is 11.1. The minimum Gasteiger partial charge on any atom is -0.497 e. The van der Waals surface area contributed by atoms with Gasteiger partial charge in [-0.25, -0.2) is 9.97 Å². The molecular weight excluding hydrogens is 444 g/mol. The van der Waals surface area contributed by atoms with Crippen LogP contribution in [0, 0.1) is 0 Å². The van der Waals surface area contributed by atoms with Crippen molar-refractivity contribution in [3.8, 4) is 17.4 Å². The maximum Gasteiger partial charge on any atom is 0.257 e. The van der Waals surface area contributed by atoms with Crippen molar-refractivity contribution in [3.05, 3.63) is 102 Å². The molecule has 0 saturated heterocycles. The van der Waals surface area contributed by atoms with E-state index in [0.717, 1.165) is 22.8 Å². The summed E-state index contributed by atoms with van der Waals surface area (Å²) in [4.78, 5) is 21.5. The van der Waals surface area contributed by atoms with Crippen molar-refractivity contribution in [1.82, 2.24) is 15.3 Å². The fraction of sp³-hybridized carbons (Fsp3) is 0.148. The van der Waals surface area contributed by atoms with E-state index in [4.69, 9.17) is 9.47 Å². The number of hydrogen-bond donors (Lipinski definition) is 3. The molecule has 2 heterocycles. The lowest BCUT2D eigenvalue weighted by Crippen LogP contribution is -2.39. The van der Waals surface area contributed by atoms with Crippen molar-refractivity contribution in [2.24, 2.45) is 0 Å². The maximum absolute atomic E-state index is 13.0. The van der Waals surface area contributed by atoms with E-state index in [1.807, 2.05) is 54.6 Å². The van der Waals surface area contributed by atoms with Gasteiger partial charge in [-0.05, 0) is 72.6 Å². The van der Waals surface area contributed by atoms with Gasteiger partial charge in [0, 0.05) is 18.1 Å². The Bertz CT molecular complexity index is 1230. The molecule has 0 aliphatic rings. The Balaban J connectivity index is 1.41. The Morgan fingerprint density at radius 2 is 1.66 bits per heavy atom. The molecule has 8 nitrogen and oxygen atoms in total. The molecule has 4 rings (SSSR count). The van der Waals surface area contributed by atoms with Gasteiger partial charge in [0.1, 0.15) is 22.9 Å². The van der Waals surface area contributed by atoms with Gasteiger partial charge in [0.2, 0.25) is 5.88 Å². The fourth-order valence-electron chi connectivity index (χ4n) is 3.42. The van der Waals surface area contributed by atoms with E-state index >= 15 is 0 Å². The second-order valence-corrected chi connectivity index (χ2v) is 7.73. The lowest BCUT2D eigenvalue weighted by atomic mass is 10.1. The zero-order chi connectivity index (χ0) is 24.5. The summed E-state index contributed by atoms with van der Waals surface area (Å²) in [6, 6.07) is 23.2. The van der Waals surface area contributed by atoms with Crippen LogP contribution in [-0.4, -0.2) is 40.7 Å². The van der Waals surface area contributed by atoms with Crippen LogP contribution in [-0.2, 0) is 6.42 Å². The third kappa shape index (κ3) is 6.55. The number of carbonyl (C=O) groups is 1. The molecule has 1 amide bonds. The van der Waals surface area contributed by atoms with Crippen LogP contribution in [0.4, 0.5) is 11.5 Å². The number of rotatable bonds is 10. The van der Waals surface area contributed by atoms with E-state index in [9.17, 15) is 9.90 Å². The number of pyridine rings is 2. The molecule has 1 atom stereocenters. The van der Waals surface area contributed by atoms with Crippen LogP contribution in [0.1, 0.15) is 15.9 Å². The van der Waals surface area contributed by atoms with Gasteiger partial charge in [0.25, 0.3) is 5.91 Å². The summed E-state index contributed by atoms with van der Waals surface area (Å²) in [5.41, 5.74) is 2.09. The van der Waals surface area contributed by atoms with Crippen LogP contribution in [0.3, 0.4) is 0 Å². The fourth-order valence-corrected chi connectivity index (χ4v) is 3.42. The van der Waals surface area contributed by atoms with Crippen LogP contribution < -0.4 is 20.1 Å². The summed E-state index contributed by atoms with van der Waals surface area (Å²) in [7, 11) is 1.60. The Morgan fingerprint density at radius 3 is 2.34 bits per heavy atom. The molecule has 3 N–H and O–H groups in total. The van der Waals surface area contributed by atoms with E-state index in [1.54, 1.807) is 43.8 Å². The van der Waals surface area contributed by atoms with Crippen molar-refractivity contribution in [2.45, 2.75) is 12.5 Å². The van der Waals surface area contributed by atoms with Crippen LogP contribution >= 0.6 is 0 Å². The van der Waals surface area contributed by atoms with Gasteiger partial charge in [-0.1, -0.05) is 18.2 Å². The Hall–Kier alpha value is -4.43. The van der Waals surface area contributed by atoms with Gasteiger partial charge in [0.05, 0.1) is 19.8 Å². The number of benzene rings is 2. The van der Waals surface area contributed by atoms with Crippen molar-refractivity contribution >= 4 is 17.4 Å². The molecule has 0 aliphatic heterocycles. The Labute approximate surface area is 203 Å². The van der Waals surface area contributed by atoms with Crippen molar-refractivity contribution in [2.75, 3.05) is 19.0 Å². The molecule has 8 heteroatoms. The van der Waals surface area contributed by atoms with Gasteiger partial charge in [-0.2, -0.15) is 0 Å². The number of aliphatic hydroxyl groups excluding tert-OH is 1. The van der Waals surface area contributed by atoms with Crippen LogP contribution in [0.5, 0.6) is 17.4 Å². The van der Waals surface area contributed by atoms with Crippen molar-refractivity contribution < 1.29 is 19.4 Å². The first-order valence-corrected chi connectivity index (χ1v) is 11.1.